The Kier molecular flexibility index (Phi) is 2.75. The fourth-order valence-electron chi connectivity index (χ4n) is 1.56. The fraction of sp³-hybridized carbons (Fsp3) is 0.300. The number of thiocarbonyl (C=S) groups is 1. The van der Waals surface area contributed by atoms with Crippen molar-refractivity contribution < 1.29 is 13.2 Å². The summed E-state index contributed by atoms with van der Waals surface area (Å²) in [6.07, 6.45) is -4.28. The molecule has 6 heteroatoms. The van der Waals surface area contributed by atoms with Gasteiger partial charge in [-0.05, 0) is 29.9 Å². The molecule has 0 bridgehead atoms. The van der Waals surface area contributed by atoms with Crippen LogP contribution in [0.3, 0.4) is 0 Å². The van der Waals surface area contributed by atoms with Crippen LogP contribution in [0.5, 0.6) is 0 Å². The van der Waals surface area contributed by atoms with Crippen molar-refractivity contribution in [2.75, 3.05) is 6.54 Å². The number of rotatable bonds is 1. The molecular weight excluding hydrogens is 237 g/mol. The highest BCUT2D eigenvalue weighted by Gasteiger charge is 2.30. The summed E-state index contributed by atoms with van der Waals surface area (Å²) in [5.74, 6) is 0. The second-order valence-corrected chi connectivity index (χ2v) is 3.93. The van der Waals surface area contributed by atoms with Crippen LogP contribution in [0.4, 0.5) is 13.2 Å². The summed E-state index contributed by atoms with van der Waals surface area (Å²) < 4.78 is 36.9. The summed E-state index contributed by atoms with van der Waals surface area (Å²) in [4.78, 5) is 0. The Labute approximate surface area is 95.8 Å². The third kappa shape index (κ3) is 2.27. The van der Waals surface area contributed by atoms with E-state index in [0.29, 0.717) is 11.7 Å². The van der Waals surface area contributed by atoms with E-state index < -0.39 is 11.7 Å². The van der Waals surface area contributed by atoms with E-state index in [1.165, 1.54) is 12.1 Å². The van der Waals surface area contributed by atoms with Crippen molar-refractivity contribution in [3.8, 4) is 0 Å². The first-order chi connectivity index (χ1) is 7.47. The zero-order valence-electron chi connectivity index (χ0n) is 8.14. The van der Waals surface area contributed by atoms with Crippen LogP contribution in [-0.4, -0.2) is 11.7 Å². The molecule has 1 aliphatic rings. The van der Waals surface area contributed by atoms with Crippen molar-refractivity contribution >= 4 is 17.3 Å². The Morgan fingerprint density at radius 1 is 1.19 bits per heavy atom. The molecular formula is C10H9F3N2S. The lowest BCUT2D eigenvalue weighted by Crippen LogP contribution is -2.21. The maximum Gasteiger partial charge on any atom is 0.416 e. The molecule has 0 amide bonds. The Balaban J connectivity index is 2.17. The first kappa shape index (κ1) is 11.2. The van der Waals surface area contributed by atoms with Crippen molar-refractivity contribution in [2.24, 2.45) is 0 Å². The van der Waals surface area contributed by atoms with Crippen LogP contribution >= 0.6 is 12.2 Å². The molecule has 1 atom stereocenters. The Bertz CT molecular complexity index is 400. The molecule has 1 aliphatic heterocycles. The summed E-state index contributed by atoms with van der Waals surface area (Å²) >= 11 is 4.88. The van der Waals surface area contributed by atoms with E-state index >= 15 is 0 Å². The number of alkyl halides is 3. The van der Waals surface area contributed by atoms with E-state index in [9.17, 15) is 13.2 Å². The van der Waals surface area contributed by atoms with Crippen LogP contribution < -0.4 is 10.6 Å². The van der Waals surface area contributed by atoms with Crippen LogP contribution in [-0.2, 0) is 6.18 Å². The first-order valence-electron chi connectivity index (χ1n) is 4.68. The van der Waals surface area contributed by atoms with Crippen LogP contribution in [0, 0.1) is 0 Å². The first-order valence-corrected chi connectivity index (χ1v) is 5.09. The maximum atomic E-state index is 12.3. The predicted molar refractivity (Wildman–Crippen MR) is 57.9 cm³/mol. The minimum absolute atomic E-state index is 0.0465. The molecule has 2 nitrogen and oxygen atoms in total. The van der Waals surface area contributed by atoms with Crippen LogP contribution in [0.15, 0.2) is 24.3 Å². The van der Waals surface area contributed by atoms with E-state index in [2.05, 4.69) is 10.6 Å². The summed E-state index contributed by atoms with van der Waals surface area (Å²) in [5.41, 5.74) is 0.158. The molecule has 0 spiro atoms. The molecule has 0 aliphatic carbocycles. The summed E-state index contributed by atoms with van der Waals surface area (Å²) in [6.45, 7) is 0.601. The van der Waals surface area contributed by atoms with Crippen LogP contribution in [0.25, 0.3) is 0 Å². The molecule has 1 heterocycles. The Hall–Kier alpha value is -1.30. The van der Waals surface area contributed by atoms with Gasteiger partial charge in [0.05, 0.1) is 11.6 Å². The molecule has 0 radical (unpaired) electrons. The topological polar surface area (TPSA) is 24.1 Å². The standard InChI is InChI=1S/C10H9F3N2S/c11-10(12,13)7-3-1-6(2-4-7)8-5-14-9(16)15-8/h1-4,8H,5H2,(H2,14,15,16). The monoisotopic (exact) mass is 246 g/mol. The van der Waals surface area contributed by atoms with Gasteiger partial charge in [-0.15, -0.1) is 0 Å². The maximum absolute atomic E-state index is 12.3. The minimum Gasteiger partial charge on any atom is -0.360 e. The highest BCUT2D eigenvalue weighted by molar-refractivity contribution is 7.80. The number of hydrogen-bond acceptors (Lipinski definition) is 1. The smallest absolute Gasteiger partial charge is 0.360 e. The SMILES string of the molecule is FC(F)(F)c1ccc(C2CNC(=S)N2)cc1. The lowest BCUT2D eigenvalue weighted by molar-refractivity contribution is -0.137. The van der Waals surface area contributed by atoms with Gasteiger partial charge in [-0.3, -0.25) is 0 Å². The van der Waals surface area contributed by atoms with E-state index in [1.54, 1.807) is 0 Å². The highest BCUT2D eigenvalue weighted by atomic mass is 32.1. The molecule has 1 saturated heterocycles. The molecule has 2 rings (SSSR count). The predicted octanol–water partition coefficient (Wildman–Crippen LogP) is 2.22. The molecule has 0 saturated carbocycles. The van der Waals surface area contributed by atoms with Gasteiger partial charge in [0.25, 0.3) is 0 Å². The minimum atomic E-state index is -4.28. The lowest BCUT2D eigenvalue weighted by atomic mass is 10.1. The third-order valence-corrected chi connectivity index (χ3v) is 2.67. The number of benzene rings is 1. The van der Waals surface area contributed by atoms with Gasteiger partial charge in [-0.25, -0.2) is 0 Å². The van der Waals surface area contributed by atoms with Gasteiger partial charge in [-0.2, -0.15) is 13.2 Å². The molecule has 2 N–H and O–H groups in total. The molecule has 1 fully saturated rings. The van der Waals surface area contributed by atoms with Crippen molar-refractivity contribution in [1.82, 2.24) is 10.6 Å². The quantitative estimate of drug-likeness (QED) is 0.743. The van der Waals surface area contributed by atoms with Gasteiger partial charge in [0.1, 0.15) is 0 Å². The number of nitrogens with one attached hydrogen (secondary N) is 2. The van der Waals surface area contributed by atoms with Gasteiger partial charge in [-0.1, -0.05) is 12.1 Å². The van der Waals surface area contributed by atoms with Crippen LogP contribution in [0.2, 0.25) is 0 Å². The zero-order chi connectivity index (χ0) is 11.8. The van der Waals surface area contributed by atoms with Crippen molar-refractivity contribution in [1.29, 1.82) is 0 Å². The van der Waals surface area contributed by atoms with E-state index in [1.807, 2.05) is 0 Å². The van der Waals surface area contributed by atoms with E-state index in [-0.39, 0.29) is 6.04 Å². The molecule has 86 valence electrons. The second kappa shape index (κ2) is 3.93. The molecule has 0 aromatic heterocycles. The number of hydrogen-bond donors (Lipinski definition) is 2. The third-order valence-electron chi connectivity index (χ3n) is 2.41. The van der Waals surface area contributed by atoms with Crippen LogP contribution in [0.1, 0.15) is 17.2 Å². The van der Waals surface area contributed by atoms with Gasteiger partial charge < -0.3 is 10.6 Å². The largest absolute Gasteiger partial charge is 0.416 e. The molecule has 1 aromatic rings. The van der Waals surface area contributed by atoms with Crippen molar-refractivity contribution in [3.63, 3.8) is 0 Å². The summed E-state index contributed by atoms with van der Waals surface area (Å²) in [7, 11) is 0. The van der Waals surface area contributed by atoms with Crippen molar-refractivity contribution in [3.05, 3.63) is 35.4 Å². The normalized spacial score (nSPS) is 20.4. The van der Waals surface area contributed by atoms with E-state index in [0.717, 1.165) is 17.7 Å². The Morgan fingerprint density at radius 3 is 2.25 bits per heavy atom. The van der Waals surface area contributed by atoms with Gasteiger partial charge in [0.15, 0.2) is 5.11 Å². The fourth-order valence-corrected chi connectivity index (χ4v) is 1.79. The molecule has 1 unspecified atom stereocenters. The number of halogens is 3. The summed E-state index contributed by atoms with van der Waals surface area (Å²) in [6, 6.07) is 5.05. The summed E-state index contributed by atoms with van der Waals surface area (Å²) in [5, 5.41) is 6.41. The molecule has 1 aromatic carbocycles. The van der Waals surface area contributed by atoms with Gasteiger partial charge in [0, 0.05) is 6.54 Å². The van der Waals surface area contributed by atoms with E-state index in [4.69, 9.17) is 12.2 Å². The lowest BCUT2D eigenvalue weighted by Gasteiger charge is -2.11. The average molecular weight is 246 g/mol. The van der Waals surface area contributed by atoms with Gasteiger partial charge >= 0.3 is 6.18 Å². The zero-order valence-corrected chi connectivity index (χ0v) is 8.95. The van der Waals surface area contributed by atoms with Crippen molar-refractivity contribution in [2.45, 2.75) is 12.2 Å². The second-order valence-electron chi connectivity index (χ2n) is 3.53. The molecule has 16 heavy (non-hydrogen) atoms. The van der Waals surface area contributed by atoms with Gasteiger partial charge in [0.2, 0.25) is 0 Å². The Morgan fingerprint density at radius 2 is 1.81 bits per heavy atom. The average Bonchev–Trinajstić information content (AvgIpc) is 2.64. The highest BCUT2D eigenvalue weighted by Crippen LogP contribution is 2.30.